The number of likely N-dealkylation sites (tertiary alicyclic amines) is 2. The predicted octanol–water partition coefficient (Wildman–Crippen LogP) is 7.17. The number of benzene rings is 4. The molecule has 2 aliphatic carbocycles. The second kappa shape index (κ2) is 16.5. The molecule has 2 amide bonds. The van der Waals surface area contributed by atoms with Crippen LogP contribution in [-0.2, 0) is 9.59 Å². The topological polar surface area (TPSA) is 90.6 Å². The van der Waals surface area contributed by atoms with Crippen molar-refractivity contribution in [1.82, 2.24) is 9.80 Å². The first kappa shape index (κ1) is 36.0. The fourth-order valence-electron chi connectivity index (χ4n) is 7.14. The maximum atomic E-state index is 13.1. The molecule has 4 aromatic rings. The molecular formula is C42H46F2N2O5. The van der Waals surface area contributed by atoms with Gasteiger partial charge in [0.2, 0.25) is 11.8 Å². The number of ether oxygens (including phenoxy) is 2. The fourth-order valence-corrected chi connectivity index (χ4v) is 7.14. The molecule has 2 N–H and O–H groups in total. The molecule has 4 fully saturated rings. The molecule has 2 saturated heterocycles. The lowest BCUT2D eigenvalue weighted by atomic mass is 9.87. The zero-order chi connectivity index (χ0) is 34.5. The normalized spacial score (nSPS) is 22.9. The van der Waals surface area contributed by atoms with Gasteiger partial charge >= 0.3 is 0 Å². The molecule has 7 nitrogen and oxygen atoms in total. The minimum absolute atomic E-state index is 0. The Labute approximate surface area is 298 Å². The van der Waals surface area contributed by atoms with Crippen LogP contribution in [0.2, 0.25) is 0 Å². The lowest BCUT2D eigenvalue weighted by Crippen LogP contribution is -2.47. The van der Waals surface area contributed by atoms with Crippen LogP contribution in [0.5, 0.6) is 11.5 Å². The molecule has 2 heterocycles. The lowest BCUT2D eigenvalue weighted by Gasteiger charge is -2.39. The van der Waals surface area contributed by atoms with Crippen LogP contribution in [0, 0.1) is 23.5 Å². The Kier molecular flexibility index (Phi) is 11.7. The minimum Gasteiger partial charge on any atom is -0.490 e. The van der Waals surface area contributed by atoms with Crippen molar-refractivity contribution in [2.24, 2.45) is 11.8 Å². The molecule has 4 atom stereocenters. The summed E-state index contributed by atoms with van der Waals surface area (Å²) in [5.41, 5.74) is 2.37. The third kappa shape index (κ3) is 9.33. The molecule has 2 aliphatic heterocycles. The molecule has 8 rings (SSSR count). The van der Waals surface area contributed by atoms with Crippen molar-refractivity contribution in [1.29, 1.82) is 0 Å². The molecular weight excluding hydrogens is 650 g/mol. The maximum Gasteiger partial charge on any atom is 0.225 e. The molecule has 4 aromatic carbocycles. The molecule has 0 spiro atoms. The Morgan fingerprint density at radius 2 is 0.863 bits per heavy atom. The number of hydrogen-bond donors (Lipinski definition) is 0. The predicted molar refractivity (Wildman–Crippen MR) is 191 cm³/mol. The van der Waals surface area contributed by atoms with Gasteiger partial charge in [0.25, 0.3) is 0 Å². The Balaban J connectivity index is 0.000000172. The van der Waals surface area contributed by atoms with Crippen LogP contribution >= 0.6 is 0 Å². The second-order valence-corrected chi connectivity index (χ2v) is 13.9. The third-order valence-electron chi connectivity index (χ3n) is 10.2. The van der Waals surface area contributed by atoms with E-state index in [4.69, 9.17) is 9.47 Å². The summed E-state index contributed by atoms with van der Waals surface area (Å²) in [6.45, 7) is 2.82. The Hall–Kier alpha value is -4.76. The summed E-state index contributed by atoms with van der Waals surface area (Å²) in [4.78, 5) is 29.0. The first-order valence-electron chi connectivity index (χ1n) is 17.9. The van der Waals surface area contributed by atoms with E-state index in [-0.39, 0.29) is 53.0 Å². The Bertz CT molecular complexity index is 1590. The number of carbonyl (C=O) groups excluding carboxylic acids is 2. The highest BCUT2D eigenvalue weighted by Crippen LogP contribution is 2.37. The summed E-state index contributed by atoms with van der Waals surface area (Å²) in [5, 5.41) is 0. The third-order valence-corrected chi connectivity index (χ3v) is 10.2. The lowest BCUT2D eigenvalue weighted by molar-refractivity contribution is -0.135. The van der Waals surface area contributed by atoms with E-state index in [1.54, 1.807) is 24.3 Å². The highest BCUT2D eigenvalue weighted by molar-refractivity contribution is 5.81. The Morgan fingerprint density at radius 3 is 1.20 bits per heavy atom. The van der Waals surface area contributed by atoms with Crippen molar-refractivity contribution in [3.05, 3.63) is 132 Å². The van der Waals surface area contributed by atoms with E-state index in [0.717, 1.165) is 51.6 Å². The number of nitrogens with zero attached hydrogens (tertiary/aromatic N) is 2. The zero-order valence-electron chi connectivity index (χ0n) is 28.7. The van der Waals surface area contributed by atoms with Gasteiger partial charge in [-0.15, -0.1) is 0 Å². The summed E-state index contributed by atoms with van der Waals surface area (Å²) >= 11 is 0. The molecule has 268 valence electrons. The molecule has 51 heavy (non-hydrogen) atoms. The van der Waals surface area contributed by atoms with E-state index >= 15 is 0 Å². The van der Waals surface area contributed by atoms with Crippen LogP contribution in [0.25, 0.3) is 0 Å². The summed E-state index contributed by atoms with van der Waals surface area (Å²) in [6, 6.07) is 32.8. The van der Waals surface area contributed by atoms with Gasteiger partial charge in [-0.1, -0.05) is 60.7 Å². The number of hydrogen-bond acceptors (Lipinski definition) is 4. The fraction of sp³-hybridized carbons (Fsp3) is 0.381. The number of halogens is 2. The van der Waals surface area contributed by atoms with E-state index in [1.807, 2.05) is 46.2 Å². The summed E-state index contributed by atoms with van der Waals surface area (Å²) < 4.78 is 38.6. The van der Waals surface area contributed by atoms with Gasteiger partial charge in [-0.05, 0) is 85.3 Å². The molecule has 4 aliphatic rings. The monoisotopic (exact) mass is 696 g/mol. The van der Waals surface area contributed by atoms with Crippen LogP contribution in [0.15, 0.2) is 109 Å². The molecule has 0 radical (unpaired) electrons. The van der Waals surface area contributed by atoms with Crippen LogP contribution < -0.4 is 9.47 Å². The van der Waals surface area contributed by atoms with Crippen molar-refractivity contribution in [3.8, 4) is 11.5 Å². The van der Waals surface area contributed by atoms with Gasteiger partial charge in [0, 0.05) is 62.7 Å². The van der Waals surface area contributed by atoms with Crippen LogP contribution in [-0.4, -0.2) is 65.5 Å². The average molecular weight is 697 g/mol. The number of rotatable bonds is 8. The Morgan fingerprint density at radius 1 is 0.510 bits per heavy atom. The van der Waals surface area contributed by atoms with E-state index in [2.05, 4.69) is 24.3 Å². The van der Waals surface area contributed by atoms with Gasteiger partial charge in [0.15, 0.2) is 0 Å². The quantitative estimate of drug-likeness (QED) is 0.195. The SMILES string of the molecule is O.O=C(C1CC1)N1CC[C@@H](Oc2ccc(F)cc2)[C@@H](c2ccccc2)C1.O=C(C1CC1)N1CC[C@@H](Oc2ccc(F)cc2)[C@@H](c2ccccc2)C1. The summed E-state index contributed by atoms with van der Waals surface area (Å²) in [5.74, 6) is 2.14. The molecule has 9 heteroatoms. The average Bonchev–Trinajstić information content (AvgIpc) is 4.09. The molecule has 0 bridgehead atoms. The van der Waals surface area contributed by atoms with Gasteiger partial charge in [-0.2, -0.15) is 0 Å². The summed E-state index contributed by atoms with van der Waals surface area (Å²) in [7, 11) is 0. The van der Waals surface area contributed by atoms with Gasteiger partial charge < -0.3 is 24.7 Å². The highest BCUT2D eigenvalue weighted by atomic mass is 19.1. The molecule has 0 aromatic heterocycles. The minimum atomic E-state index is -0.267. The van der Waals surface area contributed by atoms with E-state index < -0.39 is 0 Å². The van der Waals surface area contributed by atoms with Gasteiger partial charge in [-0.3, -0.25) is 9.59 Å². The van der Waals surface area contributed by atoms with Gasteiger partial charge in [0.1, 0.15) is 35.3 Å². The van der Waals surface area contributed by atoms with Crippen molar-refractivity contribution < 1.29 is 33.3 Å². The van der Waals surface area contributed by atoms with Crippen LogP contribution in [0.1, 0.15) is 61.5 Å². The van der Waals surface area contributed by atoms with Crippen molar-refractivity contribution >= 4 is 11.8 Å². The second-order valence-electron chi connectivity index (χ2n) is 13.9. The number of piperidine rings is 2. The smallest absolute Gasteiger partial charge is 0.225 e. The van der Waals surface area contributed by atoms with E-state index in [0.29, 0.717) is 36.4 Å². The number of carbonyl (C=O) groups is 2. The summed E-state index contributed by atoms with van der Waals surface area (Å²) in [6.07, 6.45) is 5.65. The zero-order valence-corrected chi connectivity index (χ0v) is 28.7. The first-order chi connectivity index (χ1) is 24.4. The maximum absolute atomic E-state index is 13.1. The van der Waals surface area contributed by atoms with Gasteiger partial charge in [0.05, 0.1) is 0 Å². The number of amides is 2. The largest absolute Gasteiger partial charge is 0.490 e. The van der Waals surface area contributed by atoms with Crippen LogP contribution in [0.4, 0.5) is 8.78 Å². The van der Waals surface area contributed by atoms with Crippen molar-refractivity contribution in [2.75, 3.05) is 26.2 Å². The van der Waals surface area contributed by atoms with Crippen molar-refractivity contribution in [3.63, 3.8) is 0 Å². The van der Waals surface area contributed by atoms with Crippen LogP contribution in [0.3, 0.4) is 0 Å². The highest BCUT2D eigenvalue weighted by Gasteiger charge is 2.40. The molecule has 0 unspecified atom stereocenters. The first-order valence-corrected chi connectivity index (χ1v) is 17.9. The van der Waals surface area contributed by atoms with Gasteiger partial charge in [-0.25, -0.2) is 8.78 Å². The molecule has 2 saturated carbocycles. The standard InChI is InChI=1S/2C21H22FNO2.H2O/c2*22-17-8-10-18(11-9-17)25-20-12-13-23(21(24)16-6-7-16)14-19(20)15-4-2-1-3-5-15;/h2*1-5,8-11,16,19-20H,6-7,12-14H2;1H2/t2*19-,20-;/m11./s1. The van der Waals surface area contributed by atoms with Crippen molar-refractivity contribution in [2.45, 2.75) is 62.6 Å². The van der Waals surface area contributed by atoms with E-state index in [9.17, 15) is 18.4 Å². The van der Waals surface area contributed by atoms with E-state index in [1.165, 1.54) is 35.4 Å².